The van der Waals surface area contributed by atoms with Gasteiger partial charge >= 0.3 is 47.7 Å². The van der Waals surface area contributed by atoms with Gasteiger partial charge in [-0.05, 0) is 0 Å². The van der Waals surface area contributed by atoms with Gasteiger partial charge < -0.3 is 4.74 Å². The maximum absolute atomic E-state index is 13.6. The first-order valence-corrected chi connectivity index (χ1v) is 10.3. The van der Waals surface area contributed by atoms with Gasteiger partial charge in [0, 0.05) is 0 Å². The Hall–Kier alpha value is -1.32. The van der Waals surface area contributed by atoms with Crippen molar-refractivity contribution in [3.05, 3.63) is 0 Å². The van der Waals surface area contributed by atoms with Crippen molar-refractivity contribution in [3.8, 4) is 0 Å². The zero-order chi connectivity index (χ0) is 27.9. The van der Waals surface area contributed by atoms with Crippen LogP contribution in [0.3, 0.4) is 0 Å². The van der Waals surface area contributed by atoms with Gasteiger partial charge in [0.05, 0.1) is 18.8 Å². The molecule has 0 N–H and O–H groups in total. The van der Waals surface area contributed by atoms with Crippen LogP contribution < -0.4 is 0 Å². The van der Waals surface area contributed by atoms with Gasteiger partial charge in [-0.2, -0.15) is 61.5 Å². The van der Waals surface area contributed by atoms with Gasteiger partial charge in [0.15, 0.2) is 8.68 Å². The third kappa shape index (κ3) is 5.67. The third-order valence-electron chi connectivity index (χ3n) is 3.85. The second-order valence-corrected chi connectivity index (χ2v) is 9.12. The lowest BCUT2D eigenvalue weighted by Gasteiger charge is -2.43. The highest BCUT2D eigenvalue weighted by Crippen LogP contribution is 2.64. The molecule has 1 aromatic rings. The largest absolute Gasteiger partial charge is 0.465 e. The van der Waals surface area contributed by atoms with E-state index in [1.54, 1.807) is 0 Å². The predicted molar refractivity (Wildman–Crippen MR) is 89.2 cm³/mol. The lowest BCUT2D eigenvalue weighted by molar-refractivity contribution is -0.457. The van der Waals surface area contributed by atoms with E-state index >= 15 is 0 Å². The minimum absolute atomic E-state index is 0.0646. The molecule has 1 heterocycles. The molecule has 0 saturated carbocycles. The minimum atomic E-state index is -8.48. The Bertz CT molecular complexity index is 885. The number of halogens is 15. The van der Waals surface area contributed by atoms with Crippen LogP contribution in [0.15, 0.2) is 8.68 Å². The molecule has 0 amide bonds. The second-order valence-electron chi connectivity index (χ2n) is 6.19. The lowest BCUT2D eigenvalue weighted by atomic mass is 9.85. The summed E-state index contributed by atoms with van der Waals surface area (Å²) in [7, 11) is 0. The maximum Gasteiger partial charge on any atom is 0.438 e. The molecule has 1 rings (SSSR count). The summed E-state index contributed by atoms with van der Waals surface area (Å²) in [6.07, 6.45) is -18.8. The number of carbonyl (C=O) groups excluding carboxylic acids is 1. The highest BCUT2D eigenvalue weighted by Gasteiger charge is 2.95. The molecule has 22 heteroatoms. The van der Waals surface area contributed by atoms with E-state index in [1.807, 2.05) is 0 Å². The minimum Gasteiger partial charge on any atom is -0.465 e. The number of nitrogens with zero attached hydrogens (tertiary/aromatic N) is 2. The quantitative estimate of drug-likeness (QED) is 0.149. The zero-order valence-electron chi connectivity index (χ0n) is 15.8. The van der Waals surface area contributed by atoms with Crippen LogP contribution in [0.2, 0.25) is 0 Å². The molecule has 35 heavy (non-hydrogen) atoms. The Morgan fingerprint density at radius 2 is 1.29 bits per heavy atom. The molecule has 0 aliphatic rings. The Morgan fingerprint density at radius 1 is 0.800 bits per heavy atom. The number of thioether (sulfide) groups is 1. The predicted octanol–water partition coefficient (Wildman–Crippen LogP) is 6.23. The number of rotatable bonds is 10. The number of hydrogen-bond acceptors (Lipinski definition) is 7. The highest BCUT2D eigenvalue weighted by molar-refractivity contribution is 8.01. The molecule has 4 nitrogen and oxygen atoms in total. The van der Waals surface area contributed by atoms with Gasteiger partial charge in [0.25, 0.3) is 0 Å². The zero-order valence-corrected chi connectivity index (χ0v) is 18.3. The number of hydrogen-bond donors (Lipinski definition) is 1. The summed E-state index contributed by atoms with van der Waals surface area (Å²) >= 11 is 5.10. The molecule has 0 saturated heterocycles. The van der Waals surface area contributed by atoms with E-state index < -0.39 is 66.5 Å². The van der Waals surface area contributed by atoms with Gasteiger partial charge in [0.1, 0.15) is 0 Å². The fourth-order valence-corrected chi connectivity index (χ4v) is 3.91. The van der Waals surface area contributed by atoms with E-state index in [2.05, 4.69) is 27.6 Å². The fourth-order valence-electron chi connectivity index (χ4n) is 2.03. The topological polar surface area (TPSA) is 52.1 Å². The summed E-state index contributed by atoms with van der Waals surface area (Å²) in [4.78, 5) is 11.4. The Labute approximate surface area is 197 Å². The van der Waals surface area contributed by atoms with Gasteiger partial charge in [-0.1, -0.05) is 23.1 Å². The van der Waals surface area contributed by atoms with Gasteiger partial charge in [-0.15, -0.1) is 22.8 Å². The Morgan fingerprint density at radius 3 is 1.69 bits per heavy atom. The van der Waals surface area contributed by atoms with Crippen molar-refractivity contribution in [1.82, 2.24) is 10.2 Å². The Kier molecular flexibility index (Phi) is 8.93. The summed E-state index contributed by atoms with van der Waals surface area (Å²) in [5, 5.41) is 6.81. The molecule has 0 aromatic carbocycles. The molecule has 0 atom stereocenters. The summed E-state index contributed by atoms with van der Waals surface area (Å²) in [5.74, 6) is -33.2. The van der Waals surface area contributed by atoms with Crippen molar-refractivity contribution >= 4 is 41.7 Å². The molecule has 1 aromatic heterocycles. The van der Waals surface area contributed by atoms with E-state index in [4.69, 9.17) is 0 Å². The molecule has 0 aliphatic heterocycles. The van der Waals surface area contributed by atoms with Crippen molar-refractivity contribution in [2.45, 2.75) is 56.8 Å². The van der Waals surface area contributed by atoms with Gasteiger partial charge in [-0.25, -0.2) is 4.39 Å². The number of ether oxygens (including phenoxy) is 1. The number of aromatic nitrogens is 2. The standard InChI is InChI=1S/C13H7F15N2O2S3/c14-7(15,1-2-32-4(31)3-34-6-30-29-5(33)35-6)9(17,18)11(21,22)10(19,20)8(16,12(23,24)25)13(26,27)28/h1-3H2,(H,29,33). The SMILES string of the molecule is O=C(CSc1nnc(S)s1)OCCC(F)(F)C(F)(F)C(F)(F)C(F)(F)C(F)(C(F)(F)F)C(F)(F)F. The van der Waals surface area contributed by atoms with Crippen molar-refractivity contribution < 1.29 is 75.4 Å². The second kappa shape index (κ2) is 9.86. The summed E-state index contributed by atoms with van der Waals surface area (Å²) in [6, 6.07) is 0. The van der Waals surface area contributed by atoms with Crippen LogP contribution in [0, 0.1) is 0 Å². The highest BCUT2D eigenvalue weighted by atomic mass is 32.2. The summed E-state index contributed by atoms with van der Waals surface area (Å²) < 4.78 is 201. The van der Waals surface area contributed by atoms with Crippen LogP contribution in [0.25, 0.3) is 0 Å². The van der Waals surface area contributed by atoms with E-state index in [0.717, 1.165) is 11.3 Å². The van der Waals surface area contributed by atoms with Crippen molar-refractivity contribution in [1.29, 1.82) is 0 Å². The van der Waals surface area contributed by atoms with Crippen LogP contribution in [-0.2, 0) is 9.53 Å². The Balaban J connectivity index is 3.07. The first-order valence-electron chi connectivity index (χ1n) is 8.01. The van der Waals surface area contributed by atoms with Crippen molar-refractivity contribution in [2.75, 3.05) is 12.4 Å². The van der Waals surface area contributed by atoms with Crippen LogP contribution in [0.4, 0.5) is 65.9 Å². The van der Waals surface area contributed by atoms with Crippen LogP contribution >= 0.6 is 35.7 Å². The van der Waals surface area contributed by atoms with Gasteiger partial charge in [0.2, 0.25) is 0 Å². The van der Waals surface area contributed by atoms with Gasteiger partial charge in [-0.3, -0.25) is 4.79 Å². The molecule has 0 fully saturated rings. The molecule has 0 bridgehead atoms. The van der Waals surface area contributed by atoms with Crippen molar-refractivity contribution in [3.63, 3.8) is 0 Å². The van der Waals surface area contributed by atoms with Crippen LogP contribution in [0.5, 0.6) is 0 Å². The molecular formula is C13H7F15N2O2S3. The summed E-state index contributed by atoms with van der Waals surface area (Å²) in [6.45, 7) is -1.93. The molecular weight excluding hydrogens is 597 g/mol. The average molecular weight is 604 g/mol. The summed E-state index contributed by atoms with van der Waals surface area (Å²) in [5.41, 5.74) is -8.35. The monoisotopic (exact) mass is 604 g/mol. The molecule has 0 unspecified atom stereocenters. The first kappa shape index (κ1) is 31.7. The normalized spacial score (nSPS) is 14.9. The molecule has 0 spiro atoms. The lowest BCUT2D eigenvalue weighted by Crippen LogP contribution is -2.75. The number of thiol groups is 1. The number of carbonyl (C=O) groups is 1. The van der Waals surface area contributed by atoms with Crippen LogP contribution in [0.1, 0.15) is 6.42 Å². The van der Waals surface area contributed by atoms with Crippen molar-refractivity contribution in [2.24, 2.45) is 0 Å². The smallest absolute Gasteiger partial charge is 0.438 e. The van der Waals surface area contributed by atoms with E-state index in [0.29, 0.717) is 11.8 Å². The maximum atomic E-state index is 13.6. The van der Waals surface area contributed by atoms with Crippen LogP contribution in [-0.4, -0.2) is 70.2 Å². The average Bonchev–Trinajstić information content (AvgIpc) is 3.08. The fraction of sp³-hybridized carbons (Fsp3) is 0.769. The van der Waals surface area contributed by atoms with E-state index in [9.17, 15) is 70.7 Å². The number of alkyl halides is 15. The van der Waals surface area contributed by atoms with E-state index in [-0.39, 0.29) is 8.68 Å². The molecule has 204 valence electrons. The number of esters is 1. The third-order valence-corrected chi connectivity index (χ3v) is 6.05. The molecule has 0 radical (unpaired) electrons. The van der Waals surface area contributed by atoms with E-state index in [1.165, 1.54) is 0 Å². The first-order chi connectivity index (χ1) is 15.4. The molecule has 0 aliphatic carbocycles.